The first kappa shape index (κ1) is 32.3. The molecule has 2 aromatic heterocycles. The van der Waals surface area contributed by atoms with Gasteiger partial charge in [-0.2, -0.15) is 0 Å². The van der Waals surface area contributed by atoms with Crippen LogP contribution in [0.5, 0.6) is 5.75 Å². The van der Waals surface area contributed by atoms with E-state index in [-0.39, 0.29) is 22.6 Å². The largest absolute Gasteiger partial charge is 0.464 e. The molecule has 7 rings (SSSR count). The minimum Gasteiger partial charge on any atom is -0.464 e. The molecule has 0 spiro atoms. The van der Waals surface area contributed by atoms with E-state index in [1.165, 1.54) is 58.6 Å². The van der Waals surface area contributed by atoms with Crippen LogP contribution in [0.25, 0.3) is 55.6 Å². The number of anilines is 1. The van der Waals surface area contributed by atoms with Gasteiger partial charge in [0, 0.05) is 61.8 Å². The number of hydrogen-bond acceptors (Lipinski definition) is 7. The fraction of sp³-hybridized carbons (Fsp3) is 0.194. The normalized spacial score (nSPS) is 14.2. The molecule has 3 heterocycles. The van der Waals surface area contributed by atoms with Crippen molar-refractivity contribution in [3.8, 4) is 39.5 Å². The zero-order valence-electron chi connectivity index (χ0n) is 27.1. The van der Waals surface area contributed by atoms with Crippen LogP contribution in [0, 0.1) is 11.6 Å². The second-order valence-electron chi connectivity index (χ2n) is 11.6. The molecule has 0 radical (unpaired) electrons. The Morgan fingerprint density at radius 2 is 1.65 bits per heavy atom. The molecule has 0 aliphatic carbocycles. The number of nitrogens with one attached hydrogen (secondary N) is 1. The summed E-state index contributed by atoms with van der Waals surface area (Å²) in [6, 6.07) is 20.6. The van der Waals surface area contributed by atoms with Gasteiger partial charge in [0.25, 0.3) is 5.91 Å². The zero-order valence-corrected chi connectivity index (χ0v) is 27.9. The Morgan fingerprint density at radius 1 is 0.939 bits per heavy atom. The predicted molar refractivity (Wildman–Crippen MR) is 182 cm³/mol. The highest BCUT2D eigenvalue weighted by molar-refractivity contribution is 7.92. The van der Waals surface area contributed by atoms with Crippen LogP contribution in [0.3, 0.4) is 0 Å². The molecule has 6 aromatic rings. The molecule has 10 nitrogen and oxygen atoms in total. The lowest BCUT2D eigenvalue weighted by Gasteiger charge is -2.33. The summed E-state index contributed by atoms with van der Waals surface area (Å²) < 4.78 is 81.5. The van der Waals surface area contributed by atoms with Crippen molar-refractivity contribution >= 4 is 43.5 Å². The highest BCUT2D eigenvalue weighted by Crippen LogP contribution is 2.47. The van der Waals surface area contributed by atoms with Crippen molar-refractivity contribution in [2.75, 3.05) is 38.9 Å². The number of aromatic nitrogens is 1. The fourth-order valence-corrected chi connectivity index (χ4v) is 6.85. The van der Waals surface area contributed by atoms with Gasteiger partial charge in [-0.1, -0.05) is 12.1 Å². The number of amides is 1. The van der Waals surface area contributed by atoms with Crippen LogP contribution >= 0.6 is 0 Å². The van der Waals surface area contributed by atoms with Gasteiger partial charge in [-0.05, 0) is 66.2 Å². The molecule has 49 heavy (non-hydrogen) atoms. The first-order valence-corrected chi connectivity index (χ1v) is 17.0. The quantitative estimate of drug-likeness (QED) is 0.173. The summed E-state index contributed by atoms with van der Waals surface area (Å²) in [5, 5.41) is 3.43. The molecule has 0 fully saturated rings. The summed E-state index contributed by atoms with van der Waals surface area (Å²) in [5.41, 5.74) is 4.01. The summed E-state index contributed by atoms with van der Waals surface area (Å²) in [7, 11) is 2.11. The molecule has 13 heteroatoms. The van der Waals surface area contributed by atoms with Crippen LogP contribution in [0.1, 0.15) is 16.6 Å². The van der Waals surface area contributed by atoms with Crippen molar-refractivity contribution in [2.24, 2.45) is 0 Å². The second kappa shape index (κ2) is 12.0. The Labute approximate surface area is 280 Å². The Balaban J connectivity index is 1.49. The van der Waals surface area contributed by atoms with Gasteiger partial charge in [-0.15, -0.1) is 0 Å². The molecule has 1 N–H and O–H groups in total. The number of sulfonamides is 1. The van der Waals surface area contributed by atoms with Gasteiger partial charge in [0.2, 0.25) is 22.5 Å². The standard InChI is InChI=1S/C36H31F2N3O7S/c1-39-34(42)32-25-16-22(28(40(2)49(5,43)44)18-31(25)47-33(32)19-9-12-21(37)13-10-19)20-11-14-30-24(15-20)29-17-23-26(38)7-6-8-27(23)41(29)35(48-30)36(45-3)46-4/h6-18,35-36H,1-5H3,(H,39,42). The van der Waals surface area contributed by atoms with E-state index in [0.29, 0.717) is 50.0 Å². The second-order valence-corrected chi connectivity index (χ2v) is 13.6. The maximum absolute atomic E-state index is 15.1. The van der Waals surface area contributed by atoms with E-state index in [4.69, 9.17) is 18.6 Å². The molecule has 0 saturated heterocycles. The monoisotopic (exact) mass is 687 g/mol. The first-order chi connectivity index (χ1) is 23.4. The Morgan fingerprint density at radius 3 is 2.33 bits per heavy atom. The van der Waals surface area contributed by atoms with Crippen molar-refractivity contribution < 1.29 is 40.6 Å². The number of hydrogen-bond donors (Lipinski definition) is 1. The summed E-state index contributed by atoms with van der Waals surface area (Å²) in [4.78, 5) is 13.3. The first-order valence-electron chi connectivity index (χ1n) is 15.1. The van der Waals surface area contributed by atoms with E-state index < -0.39 is 40.1 Å². The highest BCUT2D eigenvalue weighted by atomic mass is 32.2. The maximum atomic E-state index is 15.1. The maximum Gasteiger partial charge on any atom is 0.255 e. The molecule has 1 atom stereocenters. The van der Waals surface area contributed by atoms with Crippen molar-refractivity contribution in [3.05, 3.63) is 96.1 Å². The van der Waals surface area contributed by atoms with Gasteiger partial charge < -0.3 is 23.9 Å². The summed E-state index contributed by atoms with van der Waals surface area (Å²) >= 11 is 0. The molecule has 0 saturated carbocycles. The predicted octanol–water partition coefficient (Wildman–Crippen LogP) is 6.93. The molecule has 1 aliphatic heterocycles. The number of fused-ring (bicyclic) bond motifs is 6. The van der Waals surface area contributed by atoms with Crippen molar-refractivity contribution in [3.63, 3.8) is 0 Å². The summed E-state index contributed by atoms with van der Waals surface area (Å²) in [6.45, 7) is 0. The topological polar surface area (TPSA) is 112 Å². The van der Waals surface area contributed by atoms with Gasteiger partial charge in [0.05, 0.1) is 28.7 Å². The molecular weight excluding hydrogens is 656 g/mol. The number of carbonyl (C=O) groups is 1. The number of rotatable bonds is 8. The molecule has 1 aliphatic rings. The minimum atomic E-state index is -3.77. The lowest BCUT2D eigenvalue weighted by molar-refractivity contribution is -0.179. The number of methoxy groups -OCH3 is 2. The van der Waals surface area contributed by atoms with Crippen LogP contribution in [-0.4, -0.2) is 59.8 Å². The van der Waals surface area contributed by atoms with E-state index in [1.54, 1.807) is 42.5 Å². The molecule has 4 aromatic carbocycles. The van der Waals surface area contributed by atoms with Crippen molar-refractivity contribution in [1.82, 2.24) is 9.88 Å². The lowest BCUT2D eigenvalue weighted by Crippen LogP contribution is -2.34. The van der Waals surface area contributed by atoms with Gasteiger partial charge in [0.15, 0.2) is 0 Å². The summed E-state index contributed by atoms with van der Waals surface area (Å²) in [5.74, 6) is -0.651. The Hall–Kier alpha value is -5.24. The van der Waals surface area contributed by atoms with Gasteiger partial charge >= 0.3 is 0 Å². The average molecular weight is 688 g/mol. The lowest BCUT2D eigenvalue weighted by atomic mass is 9.96. The molecule has 252 valence electrons. The third-order valence-corrected chi connectivity index (χ3v) is 9.99. The molecule has 1 amide bonds. The van der Waals surface area contributed by atoms with Gasteiger partial charge in [-0.25, -0.2) is 17.2 Å². The van der Waals surface area contributed by atoms with Crippen LogP contribution in [-0.2, 0) is 19.5 Å². The number of halogens is 2. The zero-order chi connectivity index (χ0) is 34.8. The van der Waals surface area contributed by atoms with Crippen molar-refractivity contribution in [2.45, 2.75) is 12.5 Å². The third kappa shape index (κ3) is 5.30. The third-order valence-electron chi connectivity index (χ3n) is 8.80. The number of carbonyl (C=O) groups excluding carboxylic acids is 1. The van der Waals surface area contributed by atoms with E-state index in [2.05, 4.69) is 5.32 Å². The van der Waals surface area contributed by atoms with Crippen molar-refractivity contribution in [1.29, 1.82) is 0 Å². The number of nitrogens with zero attached hydrogens (tertiary/aromatic N) is 2. The van der Waals surface area contributed by atoms with E-state index in [0.717, 1.165) is 10.6 Å². The SMILES string of the molecule is CNC(=O)c1c(-c2ccc(F)cc2)oc2cc(N(C)S(C)(=O)=O)c(-c3ccc4c(c3)-c3cc5c(F)cccc5n3C(C(OC)OC)O4)cc12. The average Bonchev–Trinajstić information content (AvgIpc) is 3.67. The molecular formula is C36H31F2N3O7S. The molecule has 1 unspecified atom stereocenters. The van der Waals surface area contributed by atoms with Crippen LogP contribution < -0.4 is 14.4 Å². The smallest absolute Gasteiger partial charge is 0.255 e. The van der Waals surface area contributed by atoms with Gasteiger partial charge in [0.1, 0.15) is 28.7 Å². The fourth-order valence-electron chi connectivity index (χ4n) is 6.34. The van der Waals surface area contributed by atoms with E-state index >= 15 is 4.39 Å². The number of furan rings is 1. The van der Waals surface area contributed by atoms with E-state index in [9.17, 15) is 17.6 Å². The highest BCUT2D eigenvalue weighted by Gasteiger charge is 2.35. The number of ether oxygens (including phenoxy) is 3. The van der Waals surface area contributed by atoms with Gasteiger partial charge in [-0.3, -0.25) is 13.7 Å². The Bertz CT molecular complexity index is 2380. The van der Waals surface area contributed by atoms with Crippen LogP contribution in [0.4, 0.5) is 14.5 Å². The van der Waals surface area contributed by atoms with Crippen LogP contribution in [0.2, 0.25) is 0 Å². The van der Waals surface area contributed by atoms with Crippen LogP contribution in [0.15, 0.2) is 83.3 Å². The number of benzene rings is 4. The van der Waals surface area contributed by atoms with E-state index in [1.807, 2.05) is 10.6 Å². The Kier molecular flexibility index (Phi) is 7.93. The summed E-state index contributed by atoms with van der Waals surface area (Å²) in [6.07, 6.45) is -0.543. The minimum absolute atomic E-state index is 0.196. The molecule has 0 bridgehead atoms.